The van der Waals surface area contributed by atoms with Crippen LogP contribution >= 0.6 is 0 Å². The van der Waals surface area contributed by atoms with Crippen LogP contribution in [0.15, 0.2) is 0 Å². The SMILES string of the molecule is NCCCOC1OC(CO)C(OC2OC(CO)C(O)C(O)C2O)C(O)C1O.OCC1OC(OC2C(CO)OC(OC3C(CO)OC(OC4C(CO)OC5OC5C4O)C(O)C3O)C(O)C2O)C(O)C(O)C1O. The number of ether oxygens (including phenoxy) is 12. The van der Waals surface area contributed by atoms with Crippen molar-refractivity contribution in [3.8, 4) is 0 Å². The Morgan fingerprint density at radius 2 is 0.606 bits per heavy atom. The number of rotatable bonds is 18. The Bertz CT molecular complexity index is 1580. The summed E-state index contributed by atoms with van der Waals surface area (Å²) in [5.74, 6) is 0. The Balaban J connectivity index is 0.000000262. The van der Waals surface area contributed by atoms with Gasteiger partial charge in [-0.15, -0.1) is 0 Å². The third-order valence-electron chi connectivity index (χ3n) is 13.0. The van der Waals surface area contributed by atoms with E-state index in [-0.39, 0.29) is 6.61 Å². The van der Waals surface area contributed by atoms with Gasteiger partial charge in [0.25, 0.3) is 0 Å². The van der Waals surface area contributed by atoms with E-state index in [1.807, 2.05) is 0 Å². The van der Waals surface area contributed by atoms with E-state index in [1.165, 1.54) is 0 Å². The molecule has 0 radical (unpaired) electrons. The molecule has 30 unspecified atom stereocenters. The van der Waals surface area contributed by atoms with Crippen LogP contribution in [0.3, 0.4) is 0 Å². The summed E-state index contributed by atoms with van der Waals surface area (Å²) < 4.78 is 65.0. The minimum atomic E-state index is -1.98. The van der Waals surface area contributed by atoms with Crippen LogP contribution in [0, 0.1) is 0 Å². The standard InChI is InChI=1S/C24H40O20.C15H29NO11/c25-1-5-9(29)10(30)13(33)21(37-5)41-17-6(2-26)38-22(14(34)11(17)31)42-18-7(3-27)39-23(15(35)12(18)32)43-19-8(4-28)40-24-20(44-24)16(19)36;16-2-1-3-24-14-12(23)10(21)13(7(5-18)26-14)27-15-11(22)9(20)8(19)6(4-17)25-15/h5-36H,1-4H2;6-15,17-23H,1-5,16H2. The van der Waals surface area contributed by atoms with Crippen molar-refractivity contribution in [2.24, 2.45) is 5.73 Å². The molecule has 0 aromatic carbocycles. The molecule has 7 fully saturated rings. The number of hydrogen-bond donors (Lipinski definition) is 20. The van der Waals surface area contributed by atoms with E-state index in [1.54, 1.807) is 0 Å². The van der Waals surface area contributed by atoms with Crippen molar-refractivity contribution in [3.63, 3.8) is 0 Å². The maximum absolute atomic E-state index is 10.9. The summed E-state index contributed by atoms with van der Waals surface area (Å²) in [6.07, 6.45) is -44.9. The Morgan fingerprint density at radius 1 is 0.310 bits per heavy atom. The van der Waals surface area contributed by atoms with Gasteiger partial charge in [0.15, 0.2) is 37.7 Å². The molecule has 0 aliphatic carbocycles. The number of hydrogen-bond acceptors (Lipinski definition) is 32. The summed E-state index contributed by atoms with van der Waals surface area (Å²) in [4.78, 5) is 0. The molecule has 7 rings (SSSR count). The second-order valence-electron chi connectivity index (χ2n) is 17.7. The van der Waals surface area contributed by atoms with E-state index >= 15 is 0 Å². The molecule has 7 saturated heterocycles. The van der Waals surface area contributed by atoms with Gasteiger partial charge in [-0.1, -0.05) is 0 Å². The van der Waals surface area contributed by atoms with E-state index in [4.69, 9.17) is 62.6 Å². The lowest BCUT2D eigenvalue weighted by molar-refractivity contribution is -0.383. The first-order chi connectivity index (χ1) is 33.8. The molecule has 21 N–H and O–H groups in total. The van der Waals surface area contributed by atoms with Crippen molar-refractivity contribution in [1.82, 2.24) is 0 Å². The van der Waals surface area contributed by atoms with Crippen LogP contribution in [0.1, 0.15) is 6.42 Å². The molecule has 0 aromatic rings. The third-order valence-corrected chi connectivity index (χ3v) is 13.0. The van der Waals surface area contributed by atoms with Crippen LogP contribution in [-0.4, -0.2) is 334 Å². The van der Waals surface area contributed by atoms with Crippen molar-refractivity contribution in [1.29, 1.82) is 0 Å². The zero-order chi connectivity index (χ0) is 52.2. The van der Waals surface area contributed by atoms with Crippen LogP contribution in [0.4, 0.5) is 0 Å². The van der Waals surface area contributed by atoms with Crippen molar-refractivity contribution in [2.75, 3.05) is 52.8 Å². The monoisotopic (exact) mass is 1050 g/mol. The summed E-state index contributed by atoms with van der Waals surface area (Å²) >= 11 is 0. The first kappa shape index (κ1) is 59.0. The number of nitrogens with two attached hydrogens (primary N) is 1. The van der Waals surface area contributed by atoms with Gasteiger partial charge in [0.2, 0.25) is 0 Å². The summed E-state index contributed by atoms with van der Waals surface area (Å²) in [6, 6.07) is 0. The van der Waals surface area contributed by atoms with Crippen LogP contribution < -0.4 is 5.73 Å². The highest BCUT2D eigenvalue weighted by Crippen LogP contribution is 2.39. The largest absolute Gasteiger partial charge is 0.394 e. The highest BCUT2D eigenvalue weighted by Gasteiger charge is 2.59. The molecule has 7 heterocycles. The molecule has 7 aliphatic heterocycles. The third kappa shape index (κ3) is 12.9. The highest BCUT2D eigenvalue weighted by atomic mass is 16.8. The second-order valence-corrected chi connectivity index (χ2v) is 17.7. The fourth-order valence-electron chi connectivity index (χ4n) is 8.72. The Kier molecular flexibility index (Phi) is 21.7. The van der Waals surface area contributed by atoms with Crippen molar-refractivity contribution < 1.29 is 154 Å². The molecule has 32 nitrogen and oxygen atoms in total. The summed E-state index contributed by atoms with van der Waals surface area (Å²) in [6.45, 7) is -3.77. The zero-order valence-corrected chi connectivity index (χ0v) is 37.7. The Morgan fingerprint density at radius 3 is 0.958 bits per heavy atom. The average molecular weight is 1050 g/mol. The molecular formula is C39H69NO31. The molecule has 0 bridgehead atoms. The van der Waals surface area contributed by atoms with Gasteiger partial charge in [-0.25, -0.2) is 0 Å². The molecule has 32 heteroatoms. The molecule has 0 spiro atoms. The van der Waals surface area contributed by atoms with Crippen molar-refractivity contribution in [2.45, 2.75) is 191 Å². The quantitative estimate of drug-likeness (QED) is 0.0448. The highest BCUT2D eigenvalue weighted by molar-refractivity contribution is 5.01. The molecule has 7 aliphatic rings. The van der Waals surface area contributed by atoms with E-state index in [0.717, 1.165) is 0 Å². The Hall–Kier alpha value is -1.28. The van der Waals surface area contributed by atoms with Crippen molar-refractivity contribution in [3.05, 3.63) is 0 Å². The van der Waals surface area contributed by atoms with Crippen molar-refractivity contribution >= 4 is 0 Å². The smallest absolute Gasteiger partial charge is 0.187 e. The number of aliphatic hydroxyl groups is 19. The molecule has 30 atom stereocenters. The molecular weight excluding hydrogens is 978 g/mol. The zero-order valence-electron chi connectivity index (χ0n) is 37.7. The van der Waals surface area contributed by atoms with Gasteiger partial charge in [-0.3, -0.25) is 0 Å². The van der Waals surface area contributed by atoms with Gasteiger partial charge >= 0.3 is 0 Å². The van der Waals surface area contributed by atoms with Gasteiger partial charge in [0, 0.05) is 0 Å². The number of epoxide rings is 1. The van der Waals surface area contributed by atoms with E-state index in [9.17, 15) is 97.0 Å². The summed E-state index contributed by atoms with van der Waals surface area (Å²) in [7, 11) is 0. The Labute approximate surface area is 402 Å². The fraction of sp³-hybridized carbons (Fsp3) is 1.00. The van der Waals surface area contributed by atoms with Gasteiger partial charge in [0.05, 0.1) is 46.2 Å². The maximum atomic E-state index is 10.9. The van der Waals surface area contributed by atoms with Crippen LogP contribution in [0.25, 0.3) is 0 Å². The van der Waals surface area contributed by atoms with Gasteiger partial charge in [0.1, 0.15) is 146 Å². The predicted octanol–water partition coefficient (Wildman–Crippen LogP) is -13.7. The van der Waals surface area contributed by atoms with Crippen LogP contribution in [0.5, 0.6) is 0 Å². The van der Waals surface area contributed by atoms with Gasteiger partial charge in [-0.2, -0.15) is 0 Å². The van der Waals surface area contributed by atoms with Crippen LogP contribution in [0.2, 0.25) is 0 Å². The second kappa shape index (κ2) is 26.2. The molecule has 0 amide bonds. The number of fused-ring (bicyclic) bond motifs is 1. The maximum Gasteiger partial charge on any atom is 0.187 e. The molecule has 0 saturated carbocycles. The fourth-order valence-corrected chi connectivity index (χ4v) is 8.72. The van der Waals surface area contributed by atoms with Gasteiger partial charge < -0.3 is 160 Å². The molecule has 416 valence electrons. The first-order valence-corrected chi connectivity index (χ1v) is 22.8. The topological polar surface area (TPSA) is 524 Å². The molecule has 71 heavy (non-hydrogen) atoms. The van der Waals surface area contributed by atoms with E-state index in [0.29, 0.717) is 13.0 Å². The molecule has 0 aromatic heterocycles. The minimum absolute atomic E-state index is 0.168. The van der Waals surface area contributed by atoms with E-state index < -0.39 is 224 Å². The lowest BCUT2D eigenvalue weighted by Crippen LogP contribution is -2.67. The minimum Gasteiger partial charge on any atom is -0.394 e. The normalized spacial score (nSPS) is 51.2. The lowest BCUT2D eigenvalue weighted by Gasteiger charge is -2.48. The lowest BCUT2D eigenvalue weighted by atomic mass is 9.96. The number of aliphatic hydroxyl groups excluding tert-OH is 19. The predicted molar refractivity (Wildman–Crippen MR) is 217 cm³/mol. The summed E-state index contributed by atoms with van der Waals surface area (Å²) in [5.41, 5.74) is 5.36. The first-order valence-electron chi connectivity index (χ1n) is 22.8. The van der Waals surface area contributed by atoms with Crippen LogP contribution in [-0.2, 0) is 56.8 Å². The summed E-state index contributed by atoms with van der Waals surface area (Å²) in [5, 5.41) is 192. The van der Waals surface area contributed by atoms with E-state index in [2.05, 4.69) is 0 Å². The average Bonchev–Trinajstić information content (AvgIpc) is 4.16. The van der Waals surface area contributed by atoms with Gasteiger partial charge in [-0.05, 0) is 13.0 Å².